The van der Waals surface area contributed by atoms with Crippen LogP contribution in [0.3, 0.4) is 0 Å². The first-order valence-corrected chi connectivity index (χ1v) is 7.09. The summed E-state index contributed by atoms with van der Waals surface area (Å²) < 4.78 is 0. The van der Waals surface area contributed by atoms with Gasteiger partial charge in [0.2, 0.25) is 6.08 Å². The Labute approximate surface area is 119 Å². The number of carbonyl (C=O) groups excluding carboxylic acids is 1. The third-order valence-electron chi connectivity index (χ3n) is 4.22. The summed E-state index contributed by atoms with van der Waals surface area (Å²) in [5.74, 6) is 0. The SMILES string of the molecule is O=C=NC1(c2ccc(-c3ccccc3)cc2)CCCC1. The molecule has 0 amide bonds. The van der Waals surface area contributed by atoms with Crippen LogP contribution in [0, 0.1) is 0 Å². The highest BCUT2D eigenvalue weighted by Gasteiger charge is 2.35. The molecule has 0 aromatic heterocycles. The first kappa shape index (κ1) is 12.8. The van der Waals surface area contributed by atoms with Crippen molar-refractivity contribution < 1.29 is 4.79 Å². The summed E-state index contributed by atoms with van der Waals surface area (Å²) in [7, 11) is 0. The van der Waals surface area contributed by atoms with Gasteiger partial charge in [0.05, 0.1) is 5.54 Å². The highest BCUT2D eigenvalue weighted by molar-refractivity contribution is 5.63. The molecule has 3 rings (SSSR count). The van der Waals surface area contributed by atoms with Crippen LogP contribution in [0.1, 0.15) is 31.2 Å². The highest BCUT2D eigenvalue weighted by Crippen LogP contribution is 2.42. The average molecular weight is 263 g/mol. The van der Waals surface area contributed by atoms with Crippen LogP contribution in [0.4, 0.5) is 0 Å². The number of hydrogen-bond acceptors (Lipinski definition) is 2. The summed E-state index contributed by atoms with van der Waals surface area (Å²) in [6.07, 6.45) is 5.93. The van der Waals surface area contributed by atoms with Crippen LogP contribution >= 0.6 is 0 Å². The second-order valence-corrected chi connectivity index (χ2v) is 5.39. The Morgan fingerprint density at radius 2 is 1.45 bits per heavy atom. The molecule has 2 heteroatoms. The Hall–Kier alpha value is -2.18. The minimum Gasteiger partial charge on any atom is -0.211 e. The van der Waals surface area contributed by atoms with E-state index >= 15 is 0 Å². The Morgan fingerprint density at radius 1 is 0.850 bits per heavy atom. The summed E-state index contributed by atoms with van der Waals surface area (Å²) in [4.78, 5) is 14.9. The predicted molar refractivity (Wildman–Crippen MR) is 80.1 cm³/mol. The van der Waals surface area contributed by atoms with Gasteiger partial charge >= 0.3 is 0 Å². The fraction of sp³-hybridized carbons (Fsp3) is 0.278. The molecule has 2 aromatic rings. The molecule has 100 valence electrons. The van der Waals surface area contributed by atoms with E-state index in [0.29, 0.717) is 0 Å². The molecule has 0 bridgehead atoms. The summed E-state index contributed by atoms with van der Waals surface area (Å²) in [6, 6.07) is 18.7. The van der Waals surface area contributed by atoms with E-state index in [1.165, 1.54) is 11.1 Å². The topological polar surface area (TPSA) is 29.4 Å². The number of benzene rings is 2. The summed E-state index contributed by atoms with van der Waals surface area (Å²) >= 11 is 0. The monoisotopic (exact) mass is 263 g/mol. The standard InChI is InChI=1S/C18H17NO/c20-14-19-18(12-4-5-13-18)17-10-8-16(9-11-17)15-6-2-1-3-7-15/h1-3,6-11H,4-5,12-13H2. The molecule has 0 saturated heterocycles. The van der Waals surface area contributed by atoms with Crippen LogP contribution in [0.15, 0.2) is 59.6 Å². The van der Waals surface area contributed by atoms with Gasteiger partial charge in [-0.05, 0) is 29.5 Å². The van der Waals surface area contributed by atoms with Crippen LogP contribution in [-0.4, -0.2) is 6.08 Å². The van der Waals surface area contributed by atoms with E-state index in [1.54, 1.807) is 6.08 Å². The van der Waals surface area contributed by atoms with Gasteiger partial charge in [0.15, 0.2) is 0 Å². The number of aliphatic imine (C=N–C) groups is 1. The molecule has 2 aromatic carbocycles. The Balaban J connectivity index is 1.95. The van der Waals surface area contributed by atoms with E-state index in [0.717, 1.165) is 31.2 Å². The van der Waals surface area contributed by atoms with Crippen molar-refractivity contribution in [3.8, 4) is 11.1 Å². The van der Waals surface area contributed by atoms with Crippen LogP contribution in [-0.2, 0) is 10.3 Å². The minimum absolute atomic E-state index is 0.322. The molecule has 0 unspecified atom stereocenters. The second-order valence-electron chi connectivity index (χ2n) is 5.39. The van der Waals surface area contributed by atoms with Gasteiger partial charge in [-0.25, -0.2) is 4.79 Å². The smallest absolute Gasteiger partial charge is 0.211 e. The zero-order valence-electron chi connectivity index (χ0n) is 11.4. The summed E-state index contributed by atoms with van der Waals surface area (Å²) in [6.45, 7) is 0. The van der Waals surface area contributed by atoms with Gasteiger partial charge < -0.3 is 0 Å². The molecule has 1 aliphatic rings. The average Bonchev–Trinajstić information content (AvgIpc) is 2.99. The second kappa shape index (κ2) is 5.44. The van der Waals surface area contributed by atoms with Crippen molar-refractivity contribution in [3.63, 3.8) is 0 Å². The third kappa shape index (κ3) is 2.31. The molecule has 0 radical (unpaired) electrons. The zero-order valence-corrected chi connectivity index (χ0v) is 11.4. The molecular weight excluding hydrogens is 246 g/mol. The lowest BCUT2D eigenvalue weighted by Crippen LogP contribution is -2.18. The number of isocyanates is 1. The molecule has 1 aliphatic carbocycles. The van der Waals surface area contributed by atoms with Gasteiger partial charge in [0.1, 0.15) is 0 Å². The summed E-state index contributed by atoms with van der Waals surface area (Å²) in [5, 5.41) is 0. The van der Waals surface area contributed by atoms with Gasteiger partial charge in [-0.1, -0.05) is 67.4 Å². The van der Waals surface area contributed by atoms with Crippen molar-refractivity contribution in [1.29, 1.82) is 0 Å². The van der Waals surface area contributed by atoms with Crippen LogP contribution < -0.4 is 0 Å². The zero-order chi connectivity index (χ0) is 13.8. The number of hydrogen-bond donors (Lipinski definition) is 0. The molecule has 1 saturated carbocycles. The Bertz CT molecular complexity index is 618. The third-order valence-corrected chi connectivity index (χ3v) is 4.22. The molecule has 0 N–H and O–H groups in total. The first-order valence-electron chi connectivity index (χ1n) is 7.09. The Morgan fingerprint density at radius 3 is 2.05 bits per heavy atom. The van der Waals surface area contributed by atoms with E-state index in [2.05, 4.69) is 41.4 Å². The summed E-state index contributed by atoms with van der Waals surface area (Å²) in [5.41, 5.74) is 3.21. The van der Waals surface area contributed by atoms with Crippen LogP contribution in [0.5, 0.6) is 0 Å². The molecule has 0 spiro atoms. The van der Waals surface area contributed by atoms with Crippen molar-refractivity contribution in [2.24, 2.45) is 4.99 Å². The van der Waals surface area contributed by atoms with E-state index in [4.69, 9.17) is 0 Å². The van der Waals surface area contributed by atoms with Gasteiger partial charge in [-0.3, -0.25) is 0 Å². The van der Waals surface area contributed by atoms with E-state index in [9.17, 15) is 4.79 Å². The maximum absolute atomic E-state index is 10.7. The van der Waals surface area contributed by atoms with Crippen LogP contribution in [0.25, 0.3) is 11.1 Å². The van der Waals surface area contributed by atoms with E-state index in [-0.39, 0.29) is 5.54 Å². The van der Waals surface area contributed by atoms with Crippen molar-refractivity contribution >= 4 is 6.08 Å². The first-order chi connectivity index (χ1) is 9.84. The van der Waals surface area contributed by atoms with Crippen molar-refractivity contribution in [2.75, 3.05) is 0 Å². The lowest BCUT2D eigenvalue weighted by Gasteiger charge is -2.23. The molecule has 0 aliphatic heterocycles. The normalized spacial score (nSPS) is 16.6. The maximum Gasteiger partial charge on any atom is 0.235 e. The predicted octanol–water partition coefficient (Wildman–Crippen LogP) is 4.46. The Kier molecular flexibility index (Phi) is 3.49. The van der Waals surface area contributed by atoms with Gasteiger partial charge in [0.25, 0.3) is 0 Å². The lowest BCUT2D eigenvalue weighted by atomic mass is 9.88. The fourth-order valence-electron chi connectivity index (χ4n) is 3.12. The lowest BCUT2D eigenvalue weighted by molar-refractivity contribution is 0.456. The molecule has 20 heavy (non-hydrogen) atoms. The molecule has 2 nitrogen and oxygen atoms in total. The molecular formula is C18H17NO. The van der Waals surface area contributed by atoms with E-state index < -0.39 is 0 Å². The van der Waals surface area contributed by atoms with Crippen molar-refractivity contribution in [1.82, 2.24) is 0 Å². The molecule has 0 atom stereocenters. The van der Waals surface area contributed by atoms with E-state index in [1.807, 2.05) is 18.2 Å². The van der Waals surface area contributed by atoms with Gasteiger partial charge in [-0.2, -0.15) is 4.99 Å². The minimum atomic E-state index is -0.322. The number of nitrogens with zero attached hydrogens (tertiary/aromatic N) is 1. The quantitative estimate of drug-likeness (QED) is 0.594. The van der Waals surface area contributed by atoms with Crippen molar-refractivity contribution in [2.45, 2.75) is 31.2 Å². The van der Waals surface area contributed by atoms with Gasteiger partial charge in [0, 0.05) is 0 Å². The van der Waals surface area contributed by atoms with Gasteiger partial charge in [-0.15, -0.1) is 0 Å². The fourth-order valence-corrected chi connectivity index (χ4v) is 3.12. The van der Waals surface area contributed by atoms with Crippen molar-refractivity contribution in [3.05, 3.63) is 60.2 Å². The largest absolute Gasteiger partial charge is 0.235 e. The van der Waals surface area contributed by atoms with Crippen LogP contribution in [0.2, 0.25) is 0 Å². The maximum atomic E-state index is 10.7. The molecule has 1 fully saturated rings. The number of rotatable bonds is 3. The molecule has 0 heterocycles. The highest BCUT2D eigenvalue weighted by atomic mass is 16.1.